The van der Waals surface area contributed by atoms with Crippen molar-refractivity contribution in [1.29, 1.82) is 0 Å². The number of hydrogen-bond acceptors (Lipinski definition) is 4. The highest BCUT2D eigenvalue weighted by molar-refractivity contribution is 6.37. The molecule has 2 heterocycles. The first-order valence-corrected chi connectivity index (χ1v) is 6.31. The van der Waals surface area contributed by atoms with E-state index in [4.69, 9.17) is 28.9 Å². The number of nitrogens with zero attached hydrogens (tertiary/aromatic N) is 3. The number of anilines is 2. The summed E-state index contributed by atoms with van der Waals surface area (Å²) in [5, 5.41) is 0.960. The third-order valence-electron chi connectivity index (χ3n) is 3.20. The Balaban J connectivity index is 2.26. The van der Waals surface area contributed by atoms with Gasteiger partial charge in [-0.2, -0.15) is 0 Å². The summed E-state index contributed by atoms with van der Waals surface area (Å²) < 4.78 is 0. The number of piperazine rings is 1. The van der Waals surface area contributed by atoms with Gasteiger partial charge in [-0.1, -0.05) is 23.2 Å². The van der Waals surface area contributed by atoms with Gasteiger partial charge in [0.1, 0.15) is 11.6 Å². The molecule has 6 heteroatoms. The summed E-state index contributed by atoms with van der Waals surface area (Å²) in [5.41, 5.74) is 5.72. The monoisotopic (exact) mass is 274 g/mol. The van der Waals surface area contributed by atoms with Crippen molar-refractivity contribution in [3.63, 3.8) is 0 Å². The van der Waals surface area contributed by atoms with Gasteiger partial charge in [0.25, 0.3) is 0 Å². The van der Waals surface area contributed by atoms with Crippen LogP contribution in [-0.2, 0) is 0 Å². The lowest BCUT2D eigenvalue weighted by atomic mass is 10.2. The molecule has 1 aliphatic heterocycles. The van der Waals surface area contributed by atoms with Crippen molar-refractivity contribution in [2.45, 2.75) is 13.0 Å². The number of likely N-dealkylation sites (N-methyl/N-ethyl adjacent to an activating group) is 1. The van der Waals surface area contributed by atoms with Crippen molar-refractivity contribution < 1.29 is 0 Å². The van der Waals surface area contributed by atoms with E-state index in [-0.39, 0.29) is 0 Å². The van der Waals surface area contributed by atoms with E-state index in [1.807, 2.05) is 0 Å². The second-order valence-electron chi connectivity index (χ2n) is 4.44. The zero-order chi connectivity index (χ0) is 12.6. The third kappa shape index (κ3) is 2.59. The third-order valence-corrected chi connectivity index (χ3v) is 3.78. The van der Waals surface area contributed by atoms with Crippen LogP contribution in [0.2, 0.25) is 10.0 Å². The molecule has 0 amide bonds. The van der Waals surface area contributed by atoms with Crippen LogP contribution >= 0.6 is 23.2 Å². The first-order valence-electron chi connectivity index (χ1n) is 5.55. The highest BCUT2D eigenvalue weighted by atomic mass is 35.5. The summed E-state index contributed by atoms with van der Waals surface area (Å²) in [5.74, 6) is 1.06. The lowest BCUT2D eigenvalue weighted by Gasteiger charge is -2.38. The molecule has 0 aliphatic carbocycles. The zero-order valence-electron chi connectivity index (χ0n) is 9.95. The standard InChI is InChI=1S/C11H16Cl2N4/c1-7-6-17(4-3-16(7)2)11-9(13)5-8(12)10(14)15-11/h5,7H,3-4,6H2,1-2H3,(H2,14,15). The van der Waals surface area contributed by atoms with Gasteiger partial charge in [0.05, 0.1) is 10.0 Å². The van der Waals surface area contributed by atoms with E-state index in [0.717, 1.165) is 25.5 Å². The van der Waals surface area contributed by atoms with Crippen LogP contribution in [0.3, 0.4) is 0 Å². The Morgan fingerprint density at radius 2 is 2.06 bits per heavy atom. The molecule has 1 atom stereocenters. The Morgan fingerprint density at radius 3 is 2.71 bits per heavy atom. The first-order chi connectivity index (χ1) is 7.99. The van der Waals surface area contributed by atoms with Crippen LogP contribution in [0.25, 0.3) is 0 Å². The number of rotatable bonds is 1. The number of halogens is 2. The fourth-order valence-corrected chi connectivity index (χ4v) is 2.41. The van der Waals surface area contributed by atoms with Gasteiger partial charge in [-0.15, -0.1) is 0 Å². The zero-order valence-corrected chi connectivity index (χ0v) is 11.5. The Bertz CT molecular complexity index is 424. The number of hydrogen-bond donors (Lipinski definition) is 1. The number of pyridine rings is 1. The maximum Gasteiger partial charge on any atom is 0.150 e. The van der Waals surface area contributed by atoms with Crippen LogP contribution in [-0.4, -0.2) is 42.6 Å². The van der Waals surface area contributed by atoms with Gasteiger partial charge in [0.15, 0.2) is 0 Å². The van der Waals surface area contributed by atoms with Gasteiger partial charge in [0.2, 0.25) is 0 Å². The lowest BCUT2D eigenvalue weighted by molar-refractivity contribution is 0.233. The molecule has 1 fully saturated rings. The molecular weight excluding hydrogens is 259 g/mol. The molecule has 0 radical (unpaired) electrons. The Morgan fingerprint density at radius 1 is 1.35 bits per heavy atom. The molecule has 0 aromatic carbocycles. The average Bonchev–Trinajstić information content (AvgIpc) is 2.27. The Kier molecular flexibility index (Phi) is 3.66. The molecule has 1 aromatic rings. The summed E-state index contributed by atoms with van der Waals surface area (Å²) in [6.45, 7) is 4.96. The first kappa shape index (κ1) is 12.7. The highest BCUT2D eigenvalue weighted by Gasteiger charge is 2.23. The predicted octanol–water partition coefficient (Wildman–Crippen LogP) is 2.11. The topological polar surface area (TPSA) is 45.4 Å². The fourth-order valence-electron chi connectivity index (χ4n) is 1.93. The largest absolute Gasteiger partial charge is 0.382 e. The van der Waals surface area contributed by atoms with Crippen molar-refractivity contribution in [2.75, 3.05) is 37.3 Å². The van der Waals surface area contributed by atoms with Gasteiger partial charge in [-0.05, 0) is 20.0 Å². The van der Waals surface area contributed by atoms with E-state index >= 15 is 0 Å². The lowest BCUT2D eigenvalue weighted by Crippen LogP contribution is -2.50. The van der Waals surface area contributed by atoms with Gasteiger partial charge in [-0.25, -0.2) is 4.98 Å². The smallest absolute Gasteiger partial charge is 0.150 e. The quantitative estimate of drug-likeness (QED) is 0.852. The molecule has 1 aliphatic rings. The van der Waals surface area contributed by atoms with Crippen LogP contribution in [0.5, 0.6) is 0 Å². The molecule has 17 heavy (non-hydrogen) atoms. The van der Waals surface area contributed by atoms with Crippen molar-refractivity contribution in [2.24, 2.45) is 0 Å². The predicted molar refractivity (Wildman–Crippen MR) is 73.0 cm³/mol. The molecule has 94 valence electrons. The van der Waals surface area contributed by atoms with Gasteiger partial charge >= 0.3 is 0 Å². The van der Waals surface area contributed by atoms with Crippen molar-refractivity contribution in [1.82, 2.24) is 9.88 Å². The average molecular weight is 275 g/mol. The molecule has 0 saturated carbocycles. The van der Waals surface area contributed by atoms with E-state index in [1.54, 1.807) is 6.07 Å². The van der Waals surface area contributed by atoms with Crippen molar-refractivity contribution in [3.8, 4) is 0 Å². The minimum Gasteiger partial charge on any atom is -0.382 e. The Labute approximate surface area is 111 Å². The van der Waals surface area contributed by atoms with Crippen molar-refractivity contribution in [3.05, 3.63) is 16.1 Å². The van der Waals surface area contributed by atoms with E-state index < -0.39 is 0 Å². The van der Waals surface area contributed by atoms with E-state index in [2.05, 4.69) is 28.8 Å². The van der Waals surface area contributed by atoms with Crippen LogP contribution in [0.15, 0.2) is 6.07 Å². The number of nitrogen functional groups attached to an aromatic ring is 1. The summed E-state index contributed by atoms with van der Waals surface area (Å²) in [7, 11) is 2.12. The van der Waals surface area contributed by atoms with E-state index in [0.29, 0.717) is 21.9 Å². The SMILES string of the molecule is CC1CN(c2nc(N)c(Cl)cc2Cl)CCN1C. The molecule has 2 N–H and O–H groups in total. The highest BCUT2D eigenvalue weighted by Crippen LogP contribution is 2.30. The van der Waals surface area contributed by atoms with E-state index in [9.17, 15) is 0 Å². The molecule has 1 saturated heterocycles. The minimum atomic E-state index is 0.331. The summed E-state index contributed by atoms with van der Waals surface area (Å²) in [4.78, 5) is 8.74. The van der Waals surface area contributed by atoms with Gasteiger partial charge < -0.3 is 15.5 Å². The number of aromatic nitrogens is 1. The summed E-state index contributed by atoms with van der Waals surface area (Å²) >= 11 is 12.0. The molecular formula is C11H16Cl2N4. The van der Waals surface area contributed by atoms with Gasteiger partial charge in [0, 0.05) is 25.7 Å². The summed E-state index contributed by atoms with van der Waals surface area (Å²) in [6.07, 6.45) is 0. The van der Waals surface area contributed by atoms with E-state index in [1.165, 1.54) is 0 Å². The maximum atomic E-state index is 6.16. The fraction of sp³-hybridized carbons (Fsp3) is 0.545. The minimum absolute atomic E-state index is 0.331. The molecule has 4 nitrogen and oxygen atoms in total. The second kappa shape index (κ2) is 4.88. The normalized spacial score (nSPS) is 21.9. The van der Waals surface area contributed by atoms with Crippen LogP contribution < -0.4 is 10.6 Å². The van der Waals surface area contributed by atoms with Crippen LogP contribution in [0.4, 0.5) is 11.6 Å². The maximum absolute atomic E-state index is 6.16. The van der Waals surface area contributed by atoms with Gasteiger partial charge in [-0.3, -0.25) is 0 Å². The molecule has 1 unspecified atom stereocenters. The molecule has 2 rings (SSSR count). The van der Waals surface area contributed by atoms with Crippen LogP contribution in [0.1, 0.15) is 6.92 Å². The van der Waals surface area contributed by atoms with Crippen molar-refractivity contribution >= 4 is 34.8 Å². The Hall–Kier alpha value is -0.710. The summed E-state index contributed by atoms with van der Waals surface area (Å²) in [6, 6.07) is 2.13. The molecule has 0 bridgehead atoms. The number of nitrogens with two attached hydrogens (primary N) is 1. The second-order valence-corrected chi connectivity index (χ2v) is 5.25. The van der Waals surface area contributed by atoms with Crippen LogP contribution in [0, 0.1) is 0 Å². The molecule has 0 spiro atoms. The molecule has 1 aromatic heterocycles.